The molecule has 3 nitrogen and oxygen atoms in total. The summed E-state index contributed by atoms with van der Waals surface area (Å²) in [5, 5.41) is 2.68. The second-order valence-corrected chi connectivity index (χ2v) is 4.13. The molecule has 0 fully saturated rings. The third-order valence-electron chi connectivity index (χ3n) is 1.96. The first-order chi connectivity index (χ1) is 7.63. The van der Waals surface area contributed by atoms with E-state index < -0.39 is 0 Å². The lowest BCUT2D eigenvalue weighted by Gasteiger charge is -2.05. The van der Waals surface area contributed by atoms with Crippen LogP contribution in [0.1, 0.15) is 12.8 Å². The largest absolute Gasteiger partial charge is 0.385 e. The molecule has 0 spiro atoms. The molecule has 0 aliphatic heterocycles. The van der Waals surface area contributed by atoms with E-state index in [0.717, 1.165) is 0 Å². The van der Waals surface area contributed by atoms with E-state index >= 15 is 0 Å². The quantitative estimate of drug-likeness (QED) is 0.847. The van der Waals surface area contributed by atoms with E-state index in [1.807, 2.05) is 0 Å². The van der Waals surface area contributed by atoms with E-state index in [4.69, 9.17) is 4.74 Å². The average Bonchev–Trinajstić information content (AvgIpc) is 2.24. The molecule has 1 aromatic rings. The van der Waals surface area contributed by atoms with Crippen molar-refractivity contribution in [3.63, 3.8) is 0 Å². The molecule has 0 unspecified atom stereocenters. The van der Waals surface area contributed by atoms with Crippen molar-refractivity contribution in [2.75, 3.05) is 19.0 Å². The van der Waals surface area contributed by atoms with Crippen molar-refractivity contribution in [3.8, 4) is 0 Å². The molecule has 0 aliphatic carbocycles. The number of rotatable bonds is 5. The number of ether oxygens (including phenoxy) is 1. The van der Waals surface area contributed by atoms with Crippen molar-refractivity contribution >= 4 is 27.5 Å². The maximum absolute atomic E-state index is 12.9. The van der Waals surface area contributed by atoms with Gasteiger partial charge < -0.3 is 10.1 Å². The third-order valence-corrected chi connectivity index (χ3v) is 2.56. The Bertz CT molecular complexity index is 371. The Kier molecular flexibility index (Phi) is 5.42. The van der Waals surface area contributed by atoms with Crippen LogP contribution in [-0.4, -0.2) is 19.6 Å². The highest BCUT2D eigenvalue weighted by molar-refractivity contribution is 9.10. The number of halogens is 2. The van der Waals surface area contributed by atoms with Gasteiger partial charge in [0.15, 0.2) is 0 Å². The second-order valence-electron chi connectivity index (χ2n) is 3.27. The zero-order valence-electron chi connectivity index (χ0n) is 8.93. The Hall–Kier alpha value is -0.940. The minimum absolute atomic E-state index is 0.101. The van der Waals surface area contributed by atoms with Crippen LogP contribution in [0.25, 0.3) is 0 Å². The molecular formula is C11H13BrFNO2. The lowest BCUT2D eigenvalue weighted by atomic mass is 10.2. The molecule has 0 bridgehead atoms. The van der Waals surface area contributed by atoms with Gasteiger partial charge in [0.25, 0.3) is 0 Å². The summed E-state index contributed by atoms with van der Waals surface area (Å²) in [6.07, 6.45) is 1.06. The van der Waals surface area contributed by atoms with Gasteiger partial charge in [0.2, 0.25) is 5.91 Å². The van der Waals surface area contributed by atoms with Crippen molar-refractivity contribution in [3.05, 3.63) is 28.5 Å². The number of amides is 1. The summed E-state index contributed by atoms with van der Waals surface area (Å²) in [5.41, 5.74) is 0.579. The first kappa shape index (κ1) is 13.1. The molecule has 0 saturated carbocycles. The fourth-order valence-electron chi connectivity index (χ4n) is 1.17. The lowest BCUT2D eigenvalue weighted by molar-refractivity contribution is -0.116. The van der Waals surface area contributed by atoms with E-state index in [1.54, 1.807) is 7.11 Å². The number of carbonyl (C=O) groups is 1. The molecular weight excluding hydrogens is 277 g/mol. The molecule has 1 rings (SSSR count). The van der Waals surface area contributed by atoms with Crippen LogP contribution < -0.4 is 5.32 Å². The predicted octanol–water partition coefficient (Wildman–Crippen LogP) is 2.95. The predicted molar refractivity (Wildman–Crippen MR) is 63.8 cm³/mol. The first-order valence-electron chi connectivity index (χ1n) is 4.87. The van der Waals surface area contributed by atoms with Gasteiger partial charge in [-0.25, -0.2) is 4.39 Å². The summed E-state index contributed by atoms with van der Waals surface area (Å²) in [6, 6.07) is 4.35. The highest BCUT2D eigenvalue weighted by atomic mass is 79.9. The number of hydrogen-bond donors (Lipinski definition) is 1. The van der Waals surface area contributed by atoms with Gasteiger partial charge in [-0.05, 0) is 40.5 Å². The van der Waals surface area contributed by atoms with Gasteiger partial charge in [0.05, 0.1) is 4.47 Å². The maximum atomic E-state index is 12.9. The van der Waals surface area contributed by atoms with Crippen LogP contribution in [0, 0.1) is 5.82 Å². The molecule has 0 heterocycles. The summed E-state index contributed by atoms with van der Waals surface area (Å²) in [5.74, 6) is -0.451. The Morgan fingerprint density at radius 3 is 2.94 bits per heavy atom. The minimum Gasteiger partial charge on any atom is -0.385 e. The van der Waals surface area contributed by atoms with Crippen LogP contribution in [0.2, 0.25) is 0 Å². The summed E-state index contributed by atoms with van der Waals surface area (Å²) >= 11 is 3.05. The molecule has 1 N–H and O–H groups in total. The minimum atomic E-state index is -0.350. The van der Waals surface area contributed by atoms with Crippen LogP contribution in [0.5, 0.6) is 0 Å². The molecule has 5 heteroatoms. The molecule has 1 aromatic carbocycles. The summed E-state index contributed by atoms with van der Waals surface area (Å²) < 4.78 is 18.1. The highest BCUT2D eigenvalue weighted by Crippen LogP contribution is 2.20. The topological polar surface area (TPSA) is 38.3 Å². The van der Waals surface area contributed by atoms with Crippen molar-refractivity contribution in [2.24, 2.45) is 0 Å². The number of nitrogens with one attached hydrogen (secondary N) is 1. The van der Waals surface area contributed by atoms with Crippen LogP contribution in [0.15, 0.2) is 22.7 Å². The average molecular weight is 290 g/mol. The van der Waals surface area contributed by atoms with Crippen LogP contribution >= 0.6 is 15.9 Å². The first-order valence-corrected chi connectivity index (χ1v) is 5.66. The second kappa shape index (κ2) is 6.60. The van der Waals surface area contributed by atoms with Crippen molar-refractivity contribution < 1.29 is 13.9 Å². The summed E-state index contributed by atoms with van der Waals surface area (Å²) in [7, 11) is 1.59. The zero-order valence-corrected chi connectivity index (χ0v) is 10.5. The van der Waals surface area contributed by atoms with Crippen LogP contribution in [0.4, 0.5) is 10.1 Å². The summed E-state index contributed by atoms with van der Waals surface area (Å²) in [6.45, 7) is 0.556. The molecule has 1 amide bonds. The van der Waals surface area contributed by atoms with Gasteiger partial charge in [-0.15, -0.1) is 0 Å². The molecule has 0 aliphatic rings. The van der Waals surface area contributed by atoms with Gasteiger partial charge in [-0.3, -0.25) is 4.79 Å². The standard InChI is InChI=1S/C11H13BrFNO2/c1-16-6-2-3-11(15)14-8-4-5-10(13)9(12)7-8/h4-5,7H,2-3,6H2,1H3,(H,14,15). The molecule has 16 heavy (non-hydrogen) atoms. The number of methoxy groups -OCH3 is 1. The molecule has 0 radical (unpaired) electrons. The van der Waals surface area contributed by atoms with Crippen molar-refractivity contribution in [1.82, 2.24) is 0 Å². The fraction of sp³-hybridized carbons (Fsp3) is 0.364. The molecule has 0 aromatic heterocycles. The smallest absolute Gasteiger partial charge is 0.224 e. The Morgan fingerprint density at radius 1 is 1.56 bits per heavy atom. The van der Waals surface area contributed by atoms with Crippen molar-refractivity contribution in [2.45, 2.75) is 12.8 Å². The fourth-order valence-corrected chi connectivity index (χ4v) is 1.55. The van der Waals surface area contributed by atoms with E-state index in [0.29, 0.717) is 29.6 Å². The van der Waals surface area contributed by atoms with Gasteiger partial charge in [0.1, 0.15) is 5.82 Å². The third kappa shape index (κ3) is 4.28. The molecule has 0 atom stereocenters. The zero-order chi connectivity index (χ0) is 12.0. The van der Waals surface area contributed by atoms with Gasteiger partial charge in [0, 0.05) is 25.8 Å². The van der Waals surface area contributed by atoms with Crippen LogP contribution in [-0.2, 0) is 9.53 Å². The maximum Gasteiger partial charge on any atom is 0.224 e. The van der Waals surface area contributed by atoms with E-state index in [9.17, 15) is 9.18 Å². The lowest BCUT2D eigenvalue weighted by Crippen LogP contribution is -2.12. The van der Waals surface area contributed by atoms with E-state index in [2.05, 4.69) is 21.2 Å². The molecule has 88 valence electrons. The van der Waals surface area contributed by atoms with Gasteiger partial charge >= 0.3 is 0 Å². The number of hydrogen-bond acceptors (Lipinski definition) is 2. The number of anilines is 1. The Balaban J connectivity index is 2.46. The highest BCUT2D eigenvalue weighted by Gasteiger charge is 2.04. The van der Waals surface area contributed by atoms with E-state index in [-0.39, 0.29) is 11.7 Å². The van der Waals surface area contributed by atoms with Gasteiger partial charge in [-0.2, -0.15) is 0 Å². The van der Waals surface area contributed by atoms with Crippen molar-refractivity contribution in [1.29, 1.82) is 0 Å². The number of benzene rings is 1. The monoisotopic (exact) mass is 289 g/mol. The Morgan fingerprint density at radius 2 is 2.31 bits per heavy atom. The normalized spacial score (nSPS) is 10.2. The van der Waals surface area contributed by atoms with Crippen LogP contribution in [0.3, 0.4) is 0 Å². The van der Waals surface area contributed by atoms with Gasteiger partial charge in [-0.1, -0.05) is 0 Å². The van der Waals surface area contributed by atoms with E-state index in [1.165, 1.54) is 18.2 Å². The summed E-state index contributed by atoms with van der Waals surface area (Å²) in [4.78, 5) is 11.4. The molecule has 0 saturated heterocycles. The SMILES string of the molecule is COCCCC(=O)Nc1ccc(F)c(Br)c1. The number of carbonyl (C=O) groups excluding carboxylic acids is 1. The Labute approximate surface area is 102 Å².